The van der Waals surface area contributed by atoms with E-state index in [2.05, 4.69) is 56.0 Å². The van der Waals surface area contributed by atoms with Crippen LogP contribution in [0.3, 0.4) is 0 Å². The second-order valence-corrected chi connectivity index (χ2v) is 14.1. The Morgan fingerprint density at radius 2 is 1.56 bits per heavy atom. The lowest BCUT2D eigenvalue weighted by atomic mass is 10.2. The van der Waals surface area contributed by atoms with Crippen molar-refractivity contribution in [2.45, 2.75) is 32.9 Å². The van der Waals surface area contributed by atoms with Crippen LogP contribution in [-0.2, 0) is 13.2 Å². The monoisotopic (exact) mass is 394 g/mol. The summed E-state index contributed by atoms with van der Waals surface area (Å²) in [6.45, 7) is 7.72. The fourth-order valence-electron chi connectivity index (χ4n) is 2.88. The van der Waals surface area contributed by atoms with Crippen LogP contribution < -0.4 is 20.5 Å². The Kier molecular flexibility index (Phi) is 6.49. The van der Waals surface area contributed by atoms with Crippen molar-refractivity contribution in [3.05, 3.63) is 83.9 Å². The van der Waals surface area contributed by atoms with Gasteiger partial charge in [0.15, 0.2) is 0 Å². The van der Waals surface area contributed by atoms with Gasteiger partial charge < -0.3 is 9.84 Å². The van der Waals surface area contributed by atoms with Gasteiger partial charge in [-0.3, -0.25) is 0 Å². The van der Waals surface area contributed by atoms with E-state index in [1.807, 2.05) is 36.4 Å². The van der Waals surface area contributed by atoms with Crippen molar-refractivity contribution < 1.29 is 9.84 Å². The third kappa shape index (κ3) is 5.29. The minimum atomic E-state index is -1.41. The highest BCUT2D eigenvalue weighted by Crippen LogP contribution is 2.22. The van der Waals surface area contributed by atoms with Crippen LogP contribution in [0.25, 0.3) is 0 Å². The zero-order valence-corrected chi connectivity index (χ0v) is 18.2. The molecule has 0 fully saturated rings. The van der Waals surface area contributed by atoms with Crippen LogP contribution in [-0.4, -0.2) is 13.2 Å². The summed E-state index contributed by atoms with van der Waals surface area (Å²) in [6, 6.07) is 25.0. The molecule has 3 rings (SSSR count). The lowest BCUT2D eigenvalue weighted by molar-refractivity contribution is 0.283. The van der Waals surface area contributed by atoms with Gasteiger partial charge in [0.2, 0.25) is 0 Å². The average Bonchev–Trinajstić information content (AvgIpc) is 2.67. The zero-order chi connectivity index (χ0) is 19.3. The highest BCUT2D eigenvalue weighted by molar-refractivity contribution is 7.56. The van der Waals surface area contributed by atoms with Gasteiger partial charge in [0, 0.05) is 5.30 Å². The van der Waals surface area contributed by atoms with Gasteiger partial charge in [-0.2, -0.15) is 0 Å². The molecule has 2 nitrogen and oxygen atoms in total. The van der Waals surface area contributed by atoms with Crippen LogP contribution in [0.2, 0.25) is 19.6 Å². The van der Waals surface area contributed by atoms with E-state index in [4.69, 9.17) is 4.74 Å². The third-order valence-electron chi connectivity index (χ3n) is 4.54. The molecule has 0 amide bonds. The normalized spacial score (nSPS) is 11.9. The Labute approximate surface area is 165 Å². The first-order valence-electron chi connectivity index (χ1n) is 9.24. The first-order chi connectivity index (χ1) is 13.0. The molecule has 3 aromatic carbocycles. The number of hydrogen-bond donors (Lipinski definition) is 1. The fourth-order valence-corrected chi connectivity index (χ4v) is 5.48. The maximum atomic E-state index is 9.68. The maximum absolute atomic E-state index is 9.68. The van der Waals surface area contributed by atoms with Crippen molar-refractivity contribution in [1.29, 1.82) is 0 Å². The predicted molar refractivity (Wildman–Crippen MR) is 120 cm³/mol. The van der Waals surface area contributed by atoms with Crippen LogP contribution in [0.4, 0.5) is 0 Å². The Balaban J connectivity index is 1.92. The number of rotatable bonds is 7. The first kappa shape index (κ1) is 19.8. The summed E-state index contributed by atoms with van der Waals surface area (Å²) < 4.78 is 6.20. The molecule has 4 heteroatoms. The Hall–Kier alpha value is -1.93. The first-order valence-corrected chi connectivity index (χ1v) is 13.7. The van der Waals surface area contributed by atoms with Crippen LogP contribution >= 0.6 is 8.58 Å². The molecule has 27 heavy (non-hydrogen) atoms. The molecular formula is C23H27O2PSi. The number of aliphatic hydroxyl groups is 1. The SMILES string of the molecule is C[Si](C)(C)c1ccc(OCc2ccccc2)c(Pc2ccccc2CO)c1. The Bertz CT molecular complexity index is 888. The Morgan fingerprint density at radius 1 is 0.852 bits per heavy atom. The summed E-state index contributed by atoms with van der Waals surface area (Å²) in [5.74, 6) is 0.937. The molecule has 0 aromatic heterocycles. The molecule has 0 heterocycles. The van der Waals surface area contributed by atoms with E-state index in [0.717, 1.165) is 16.9 Å². The van der Waals surface area contributed by atoms with E-state index in [1.165, 1.54) is 15.8 Å². The molecule has 0 aliphatic heterocycles. The molecule has 0 saturated heterocycles. The molecule has 0 radical (unpaired) electrons. The zero-order valence-electron chi connectivity index (χ0n) is 16.2. The minimum Gasteiger partial charge on any atom is -0.488 e. The van der Waals surface area contributed by atoms with Crippen molar-refractivity contribution in [3.63, 3.8) is 0 Å². The summed E-state index contributed by atoms with van der Waals surface area (Å²) in [4.78, 5) is 0. The van der Waals surface area contributed by atoms with Gasteiger partial charge in [-0.05, 0) is 22.5 Å². The average molecular weight is 395 g/mol. The summed E-state index contributed by atoms with van der Waals surface area (Å²) in [7, 11) is -0.953. The predicted octanol–water partition coefficient (Wildman–Crippen LogP) is 3.93. The van der Waals surface area contributed by atoms with Crippen molar-refractivity contribution in [1.82, 2.24) is 0 Å². The summed E-state index contributed by atoms with van der Waals surface area (Å²) >= 11 is 0. The summed E-state index contributed by atoms with van der Waals surface area (Å²) in [5.41, 5.74) is 2.15. The molecule has 0 aliphatic rings. The molecule has 0 aliphatic carbocycles. The van der Waals surface area contributed by atoms with Crippen LogP contribution in [0.5, 0.6) is 5.75 Å². The maximum Gasteiger partial charge on any atom is 0.127 e. The van der Waals surface area contributed by atoms with E-state index >= 15 is 0 Å². The van der Waals surface area contributed by atoms with Gasteiger partial charge in [-0.15, -0.1) is 0 Å². The molecule has 1 unspecified atom stereocenters. The number of aliphatic hydroxyl groups excluding tert-OH is 1. The number of benzene rings is 3. The van der Waals surface area contributed by atoms with Gasteiger partial charge in [0.25, 0.3) is 0 Å². The molecule has 1 N–H and O–H groups in total. The van der Waals surface area contributed by atoms with Crippen molar-refractivity contribution in [3.8, 4) is 5.75 Å². The summed E-state index contributed by atoms with van der Waals surface area (Å²) in [5, 5.41) is 13.5. The van der Waals surface area contributed by atoms with Crippen LogP contribution in [0, 0.1) is 0 Å². The van der Waals surface area contributed by atoms with Crippen LogP contribution in [0.1, 0.15) is 11.1 Å². The van der Waals surface area contributed by atoms with Gasteiger partial charge in [-0.1, -0.05) is 100 Å². The highest BCUT2D eigenvalue weighted by Gasteiger charge is 2.19. The number of ether oxygens (including phenoxy) is 1. The van der Waals surface area contributed by atoms with E-state index in [0.29, 0.717) is 15.2 Å². The van der Waals surface area contributed by atoms with E-state index < -0.39 is 8.07 Å². The minimum absolute atomic E-state index is 0.0666. The third-order valence-corrected chi connectivity index (χ3v) is 8.00. The molecule has 0 bridgehead atoms. The largest absolute Gasteiger partial charge is 0.488 e. The second-order valence-electron chi connectivity index (χ2n) is 7.68. The highest BCUT2D eigenvalue weighted by atomic mass is 31.1. The fraction of sp³-hybridized carbons (Fsp3) is 0.217. The van der Waals surface area contributed by atoms with Gasteiger partial charge >= 0.3 is 0 Å². The molecule has 0 saturated carbocycles. The lowest BCUT2D eigenvalue weighted by Crippen LogP contribution is -2.39. The molecule has 3 aromatic rings. The molecule has 140 valence electrons. The molecule has 0 spiro atoms. The van der Waals surface area contributed by atoms with Gasteiger partial charge in [-0.25, -0.2) is 0 Å². The molecular weight excluding hydrogens is 367 g/mol. The van der Waals surface area contributed by atoms with Crippen molar-refractivity contribution in [2.75, 3.05) is 0 Å². The lowest BCUT2D eigenvalue weighted by Gasteiger charge is -2.20. The number of hydrogen-bond acceptors (Lipinski definition) is 2. The van der Waals surface area contributed by atoms with E-state index in [1.54, 1.807) is 0 Å². The topological polar surface area (TPSA) is 29.5 Å². The van der Waals surface area contributed by atoms with Gasteiger partial charge in [0.1, 0.15) is 12.4 Å². The standard InChI is InChI=1S/C23H27O2PSi/c1-27(2,3)20-13-14-21(25-17-18-9-5-4-6-10-18)23(15-20)26-22-12-8-7-11-19(22)16-24/h4-15,24,26H,16-17H2,1-3H3. The van der Waals surface area contributed by atoms with Crippen LogP contribution in [0.15, 0.2) is 72.8 Å². The second kappa shape index (κ2) is 8.84. The summed E-state index contributed by atoms with van der Waals surface area (Å²) in [6.07, 6.45) is 0. The van der Waals surface area contributed by atoms with E-state index in [-0.39, 0.29) is 6.61 Å². The smallest absolute Gasteiger partial charge is 0.127 e. The van der Waals surface area contributed by atoms with E-state index in [9.17, 15) is 5.11 Å². The Morgan fingerprint density at radius 3 is 2.26 bits per heavy atom. The quantitative estimate of drug-likeness (QED) is 0.486. The van der Waals surface area contributed by atoms with Gasteiger partial charge in [0.05, 0.1) is 14.7 Å². The van der Waals surface area contributed by atoms with Crippen molar-refractivity contribution >= 4 is 32.5 Å². The van der Waals surface area contributed by atoms with Crippen molar-refractivity contribution in [2.24, 2.45) is 0 Å². The molecule has 1 atom stereocenters.